The average Bonchev–Trinajstić information content (AvgIpc) is 2.04. The zero-order valence-corrected chi connectivity index (χ0v) is 6.93. The molecule has 4 nitrogen and oxygen atoms in total. The lowest BCUT2D eigenvalue weighted by Gasteiger charge is -2.17. The molecule has 0 saturated heterocycles. The number of aliphatic imine (C=N–C) groups is 2. The maximum absolute atomic E-state index is 10.9. The molecule has 1 amide bonds. The van der Waals surface area contributed by atoms with Gasteiger partial charge in [0.05, 0.1) is 6.34 Å². The van der Waals surface area contributed by atoms with Crippen LogP contribution in [0.4, 0.5) is 0 Å². The zero-order chi connectivity index (χ0) is 8.55. The van der Waals surface area contributed by atoms with Crippen molar-refractivity contribution in [1.82, 2.24) is 5.32 Å². The minimum Gasteiger partial charge on any atom is -0.331 e. The number of carbonyl (C=O) groups excluding carboxylic acids is 1. The standard InChI is InChI=1S/C7H6ClN3O/c8-6-4-1-2-5(12)11-7(4)10-3-9-6/h3H,1-2H2,(H,9,10,11,12). The molecule has 2 heterocycles. The SMILES string of the molecule is O=C1CCC2=C(Cl)N=CNC2=N1. The van der Waals surface area contributed by atoms with Gasteiger partial charge in [0.25, 0.3) is 0 Å². The van der Waals surface area contributed by atoms with Gasteiger partial charge in [-0.3, -0.25) is 4.79 Å². The van der Waals surface area contributed by atoms with Gasteiger partial charge in [0.1, 0.15) is 11.0 Å². The first-order valence-corrected chi connectivity index (χ1v) is 3.95. The van der Waals surface area contributed by atoms with Crippen molar-refractivity contribution in [2.24, 2.45) is 9.98 Å². The minimum absolute atomic E-state index is 0.110. The third kappa shape index (κ3) is 1.14. The second-order valence-electron chi connectivity index (χ2n) is 2.53. The topological polar surface area (TPSA) is 53.8 Å². The van der Waals surface area contributed by atoms with Crippen LogP contribution in [-0.2, 0) is 4.79 Å². The number of rotatable bonds is 0. The maximum Gasteiger partial charge on any atom is 0.247 e. The van der Waals surface area contributed by atoms with Gasteiger partial charge >= 0.3 is 0 Å². The molecule has 0 bridgehead atoms. The summed E-state index contributed by atoms with van der Waals surface area (Å²) in [5.41, 5.74) is 0.832. The molecule has 0 atom stereocenters. The maximum atomic E-state index is 10.9. The minimum atomic E-state index is -0.110. The third-order valence-corrected chi connectivity index (χ3v) is 2.07. The Morgan fingerprint density at radius 2 is 2.33 bits per heavy atom. The van der Waals surface area contributed by atoms with Gasteiger partial charge in [0, 0.05) is 12.0 Å². The molecule has 2 rings (SSSR count). The lowest BCUT2D eigenvalue weighted by atomic mass is 10.1. The quantitative estimate of drug-likeness (QED) is 0.565. The van der Waals surface area contributed by atoms with E-state index >= 15 is 0 Å². The molecular formula is C7H6ClN3O. The fraction of sp³-hybridized carbons (Fsp3) is 0.286. The number of amides is 1. The lowest BCUT2D eigenvalue weighted by Crippen LogP contribution is -2.31. The number of halogens is 1. The highest BCUT2D eigenvalue weighted by Gasteiger charge is 2.21. The predicted molar refractivity (Wildman–Crippen MR) is 46.2 cm³/mol. The first-order valence-electron chi connectivity index (χ1n) is 3.57. The van der Waals surface area contributed by atoms with Gasteiger partial charge < -0.3 is 5.32 Å². The number of fused-ring (bicyclic) bond motifs is 1. The van der Waals surface area contributed by atoms with Crippen LogP contribution in [0.5, 0.6) is 0 Å². The van der Waals surface area contributed by atoms with E-state index in [1.165, 1.54) is 6.34 Å². The van der Waals surface area contributed by atoms with Gasteiger partial charge in [-0.05, 0) is 6.42 Å². The Labute approximate surface area is 74.0 Å². The normalized spacial score (nSPS) is 21.8. The van der Waals surface area contributed by atoms with Crippen LogP contribution in [0.2, 0.25) is 0 Å². The molecule has 1 N–H and O–H groups in total. The van der Waals surface area contributed by atoms with Gasteiger partial charge in [0.2, 0.25) is 5.91 Å². The molecule has 2 aliphatic heterocycles. The van der Waals surface area contributed by atoms with Crippen molar-refractivity contribution in [2.75, 3.05) is 0 Å². The van der Waals surface area contributed by atoms with Gasteiger partial charge in [-0.2, -0.15) is 4.99 Å². The molecule has 62 valence electrons. The van der Waals surface area contributed by atoms with Crippen molar-refractivity contribution >= 4 is 29.7 Å². The van der Waals surface area contributed by atoms with Crippen LogP contribution in [0.15, 0.2) is 20.7 Å². The van der Waals surface area contributed by atoms with Crippen molar-refractivity contribution in [3.05, 3.63) is 10.7 Å². The number of hydrogen-bond donors (Lipinski definition) is 1. The number of carbonyl (C=O) groups is 1. The Morgan fingerprint density at radius 1 is 1.50 bits per heavy atom. The van der Waals surface area contributed by atoms with E-state index in [1.807, 2.05) is 0 Å². The lowest BCUT2D eigenvalue weighted by molar-refractivity contribution is -0.117. The van der Waals surface area contributed by atoms with Crippen molar-refractivity contribution in [2.45, 2.75) is 12.8 Å². The van der Waals surface area contributed by atoms with E-state index in [0.717, 1.165) is 5.57 Å². The van der Waals surface area contributed by atoms with E-state index < -0.39 is 0 Å². The third-order valence-electron chi connectivity index (χ3n) is 1.74. The van der Waals surface area contributed by atoms with Crippen molar-refractivity contribution in [3.8, 4) is 0 Å². The van der Waals surface area contributed by atoms with Crippen LogP contribution < -0.4 is 5.32 Å². The monoisotopic (exact) mass is 183 g/mol. The summed E-state index contributed by atoms with van der Waals surface area (Å²) in [6, 6.07) is 0. The summed E-state index contributed by atoms with van der Waals surface area (Å²) in [5.74, 6) is 0.437. The highest BCUT2D eigenvalue weighted by Crippen LogP contribution is 2.22. The second-order valence-corrected chi connectivity index (χ2v) is 2.88. The Morgan fingerprint density at radius 3 is 3.17 bits per heavy atom. The van der Waals surface area contributed by atoms with E-state index in [1.54, 1.807) is 0 Å². The molecule has 0 aromatic heterocycles. The number of nitrogens with zero attached hydrogens (tertiary/aromatic N) is 2. The van der Waals surface area contributed by atoms with E-state index in [0.29, 0.717) is 23.8 Å². The number of nitrogens with one attached hydrogen (secondary N) is 1. The molecule has 0 saturated carbocycles. The highest BCUT2D eigenvalue weighted by molar-refractivity contribution is 6.34. The van der Waals surface area contributed by atoms with E-state index in [2.05, 4.69) is 15.3 Å². The first kappa shape index (κ1) is 7.49. The van der Waals surface area contributed by atoms with Crippen molar-refractivity contribution in [1.29, 1.82) is 0 Å². The molecule has 0 aromatic rings. The molecule has 0 fully saturated rings. The number of amidine groups is 1. The summed E-state index contributed by atoms with van der Waals surface area (Å²) >= 11 is 5.79. The van der Waals surface area contributed by atoms with Crippen molar-refractivity contribution < 1.29 is 4.79 Å². The molecule has 12 heavy (non-hydrogen) atoms. The summed E-state index contributed by atoms with van der Waals surface area (Å²) < 4.78 is 0. The molecule has 0 spiro atoms. The van der Waals surface area contributed by atoms with Crippen LogP contribution >= 0.6 is 11.6 Å². The molecule has 0 radical (unpaired) electrons. The fourth-order valence-electron chi connectivity index (χ4n) is 1.15. The van der Waals surface area contributed by atoms with E-state index in [4.69, 9.17) is 11.6 Å². The zero-order valence-electron chi connectivity index (χ0n) is 6.17. The number of hydrogen-bond acceptors (Lipinski definition) is 3. The molecule has 2 aliphatic rings. The van der Waals surface area contributed by atoms with Crippen LogP contribution in [-0.4, -0.2) is 18.1 Å². The summed E-state index contributed by atoms with van der Waals surface area (Å²) in [6.45, 7) is 0. The summed E-state index contributed by atoms with van der Waals surface area (Å²) in [6.07, 6.45) is 2.48. The summed E-state index contributed by atoms with van der Waals surface area (Å²) in [4.78, 5) is 18.5. The second kappa shape index (κ2) is 2.71. The molecule has 0 aliphatic carbocycles. The summed E-state index contributed by atoms with van der Waals surface area (Å²) in [7, 11) is 0. The Balaban J connectivity index is 2.45. The van der Waals surface area contributed by atoms with Crippen molar-refractivity contribution in [3.63, 3.8) is 0 Å². The predicted octanol–water partition coefficient (Wildman–Crippen LogP) is 0.787. The summed E-state index contributed by atoms with van der Waals surface area (Å²) in [5, 5.41) is 3.21. The molecule has 5 heteroatoms. The van der Waals surface area contributed by atoms with E-state index in [9.17, 15) is 4.79 Å². The van der Waals surface area contributed by atoms with Crippen LogP contribution in [0.25, 0.3) is 0 Å². The van der Waals surface area contributed by atoms with Crippen LogP contribution in [0.3, 0.4) is 0 Å². The van der Waals surface area contributed by atoms with Crippen LogP contribution in [0.1, 0.15) is 12.8 Å². The van der Waals surface area contributed by atoms with Gasteiger partial charge in [-0.25, -0.2) is 4.99 Å². The first-order chi connectivity index (χ1) is 5.77. The Bertz CT molecular complexity index is 330. The molecule has 0 aromatic carbocycles. The molecule has 0 unspecified atom stereocenters. The van der Waals surface area contributed by atoms with Crippen LogP contribution in [0, 0.1) is 0 Å². The Hall–Kier alpha value is -1.16. The Kier molecular flexibility index (Phi) is 1.69. The van der Waals surface area contributed by atoms with Gasteiger partial charge in [-0.15, -0.1) is 0 Å². The largest absolute Gasteiger partial charge is 0.331 e. The molecular weight excluding hydrogens is 178 g/mol. The van der Waals surface area contributed by atoms with E-state index in [-0.39, 0.29) is 5.91 Å². The fourth-order valence-corrected chi connectivity index (χ4v) is 1.38. The smallest absolute Gasteiger partial charge is 0.247 e. The highest BCUT2D eigenvalue weighted by atomic mass is 35.5. The van der Waals surface area contributed by atoms with Gasteiger partial charge in [-0.1, -0.05) is 11.6 Å². The van der Waals surface area contributed by atoms with Gasteiger partial charge in [0.15, 0.2) is 0 Å². The average molecular weight is 184 g/mol.